The SMILES string of the molecule is CC/C=C\C/C=C\C/C=C\C/C=C\C/C=C\CCCCCCCCCCCCCCCCCCCCCC(=O)NC(CO)C(O)/C=C/CC/C=C/CC/C=C/CCCCCC. The summed E-state index contributed by atoms with van der Waals surface area (Å²) in [6.07, 6.45) is 77.0. The molecule has 2 atom stereocenters. The van der Waals surface area contributed by atoms with E-state index in [1.807, 2.05) is 6.08 Å². The van der Waals surface area contributed by atoms with Crippen molar-refractivity contribution in [3.63, 3.8) is 0 Å². The first-order valence-electron chi connectivity index (χ1n) is 26.0. The number of unbranched alkanes of at least 4 members (excludes halogenated alkanes) is 25. The lowest BCUT2D eigenvalue weighted by atomic mass is 10.0. The van der Waals surface area contributed by atoms with Crippen molar-refractivity contribution in [3.05, 3.63) is 97.2 Å². The van der Waals surface area contributed by atoms with Crippen LogP contribution >= 0.6 is 0 Å². The van der Waals surface area contributed by atoms with Crippen molar-refractivity contribution in [2.24, 2.45) is 0 Å². The van der Waals surface area contributed by atoms with Crippen LogP contribution in [0.5, 0.6) is 0 Å². The predicted octanol–water partition coefficient (Wildman–Crippen LogP) is 17.0. The van der Waals surface area contributed by atoms with Gasteiger partial charge in [0.2, 0.25) is 5.91 Å². The summed E-state index contributed by atoms with van der Waals surface area (Å²) in [6, 6.07) is -0.648. The summed E-state index contributed by atoms with van der Waals surface area (Å²) in [6.45, 7) is 4.15. The molecule has 0 saturated heterocycles. The second-order valence-electron chi connectivity index (χ2n) is 17.2. The van der Waals surface area contributed by atoms with Crippen molar-refractivity contribution < 1.29 is 15.0 Å². The summed E-state index contributed by atoms with van der Waals surface area (Å²) in [5.74, 6) is -0.0798. The molecule has 0 spiro atoms. The van der Waals surface area contributed by atoms with Gasteiger partial charge in [0.1, 0.15) is 0 Å². The molecule has 4 heteroatoms. The number of carbonyl (C=O) groups is 1. The molecule has 0 radical (unpaired) electrons. The summed E-state index contributed by atoms with van der Waals surface area (Å²) in [5.41, 5.74) is 0. The van der Waals surface area contributed by atoms with Crippen molar-refractivity contribution in [1.29, 1.82) is 0 Å². The molecule has 0 aromatic rings. The first-order valence-corrected chi connectivity index (χ1v) is 26.0. The minimum absolute atomic E-state index is 0.0798. The third-order valence-corrected chi connectivity index (χ3v) is 11.3. The normalized spacial score (nSPS) is 13.7. The second-order valence-corrected chi connectivity index (χ2v) is 17.2. The van der Waals surface area contributed by atoms with E-state index < -0.39 is 12.1 Å². The van der Waals surface area contributed by atoms with Gasteiger partial charge in [-0.3, -0.25) is 4.79 Å². The van der Waals surface area contributed by atoms with Crippen LogP contribution in [0.25, 0.3) is 0 Å². The molecule has 0 aromatic heterocycles. The zero-order chi connectivity index (χ0) is 44.2. The van der Waals surface area contributed by atoms with Crippen LogP contribution in [0, 0.1) is 0 Å². The maximum Gasteiger partial charge on any atom is 0.220 e. The van der Waals surface area contributed by atoms with Crippen molar-refractivity contribution in [2.75, 3.05) is 6.61 Å². The van der Waals surface area contributed by atoms with Crippen LogP contribution in [-0.2, 0) is 4.79 Å². The first-order chi connectivity index (χ1) is 30.2. The highest BCUT2D eigenvalue weighted by Gasteiger charge is 2.17. The van der Waals surface area contributed by atoms with Gasteiger partial charge >= 0.3 is 0 Å². The van der Waals surface area contributed by atoms with E-state index in [0.29, 0.717) is 6.42 Å². The van der Waals surface area contributed by atoms with Gasteiger partial charge in [-0.15, -0.1) is 0 Å². The molecule has 4 nitrogen and oxygen atoms in total. The lowest BCUT2D eigenvalue weighted by molar-refractivity contribution is -0.123. The van der Waals surface area contributed by atoms with E-state index in [2.05, 4.69) is 104 Å². The largest absolute Gasteiger partial charge is 0.394 e. The molecular formula is C57H99NO3. The molecule has 0 aliphatic carbocycles. The monoisotopic (exact) mass is 846 g/mol. The van der Waals surface area contributed by atoms with E-state index in [0.717, 1.165) is 70.6 Å². The summed E-state index contributed by atoms with van der Waals surface area (Å²) in [7, 11) is 0. The Balaban J connectivity index is 3.51. The fourth-order valence-electron chi connectivity index (χ4n) is 7.35. The van der Waals surface area contributed by atoms with Gasteiger partial charge in [-0.1, -0.05) is 239 Å². The smallest absolute Gasteiger partial charge is 0.220 e. The quantitative estimate of drug-likeness (QED) is 0.0422. The van der Waals surface area contributed by atoms with Crippen molar-refractivity contribution in [1.82, 2.24) is 5.32 Å². The van der Waals surface area contributed by atoms with Crippen LogP contribution in [0.4, 0.5) is 0 Å². The molecule has 0 saturated carbocycles. The van der Waals surface area contributed by atoms with Crippen LogP contribution in [0.15, 0.2) is 97.2 Å². The van der Waals surface area contributed by atoms with Gasteiger partial charge in [0, 0.05) is 6.42 Å². The molecule has 0 rings (SSSR count). The molecule has 0 aliphatic rings. The fourth-order valence-corrected chi connectivity index (χ4v) is 7.35. The topological polar surface area (TPSA) is 69.6 Å². The van der Waals surface area contributed by atoms with Gasteiger partial charge in [-0.25, -0.2) is 0 Å². The number of aliphatic hydroxyl groups is 2. The molecule has 3 N–H and O–H groups in total. The number of allylic oxidation sites excluding steroid dienone is 15. The van der Waals surface area contributed by atoms with E-state index in [-0.39, 0.29) is 12.5 Å². The van der Waals surface area contributed by atoms with Gasteiger partial charge in [0.05, 0.1) is 18.8 Å². The number of rotatable bonds is 46. The van der Waals surface area contributed by atoms with Crippen LogP contribution in [0.1, 0.15) is 239 Å². The molecule has 0 fully saturated rings. The highest BCUT2D eigenvalue weighted by Crippen LogP contribution is 2.15. The number of hydrogen-bond acceptors (Lipinski definition) is 3. The standard InChI is InChI=1S/C57H99NO3/c1-3-5-7-9-11-13-15-17-19-20-21-22-23-24-25-26-27-28-29-30-31-32-33-34-35-36-37-38-39-41-43-45-47-49-51-53-57(61)58-55(54-59)56(60)52-50-48-46-44-42-40-18-16-14-12-10-8-6-4-2/h5,7,11,13-14,16-17,19,21-22,24-25,42,44,50,52,55-56,59-60H,3-4,6,8-10,12,15,18,20,23,26-41,43,45-49,51,53-54H2,1-2H3,(H,58,61)/b7-5-,13-11-,16-14+,19-17-,22-21-,25-24-,44-42+,52-50+. The van der Waals surface area contributed by atoms with Crippen LogP contribution in [0.2, 0.25) is 0 Å². The fraction of sp³-hybridized carbons (Fsp3) is 0.702. The van der Waals surface area contributed by atoms with Crippen LogP contribution < -0.4 is 5.32 Å². The maximum absolute atomic E-state index is 12.4. The molecule has 0 bridgehead atoms. The Hall–Kier alpha value is -2.69. The van der Waals surface area contributed by atoms with Crippen LogP contribution in [-0.4, -0.2) is 34.9 Å². The van der Waals surface area contributed by atoms with Gasteiger partial charge in [-0.2, -0.15) is 0 Å². The van der Waals surface area contributed by atoms with Crippen LogP contribution in [0.3, 0.4) is 0 Å². The summed E-state index contributed by atoms with van der Waals surface area (Å²) in [5, 5.41) is 23.0. The van der Waals surface area contributed by atoms with Gasteiger partial charge in [0.15, 0.2) is 0 Å². The number of aliphatic hydroxyl groups excluding tert-OH is 2. The third-order valence-electron chi connectivity index (χ3n) is 11.3. The van der Waals surface area contributed by atoms with E-state index >= 15 is 0 Å². The molecule has 2 unspecified atom stereocenters. The highest BCUT2D eigenvalue weighted by molar-refractivity contribution is 5.76. The Labute approximate surface area is 379 Å². The molecule has 1 amide bonds. The minimum Gasteiger partial charge on any atom is -0.394 e. The van der Waals surface area contributed by atoms with E-state index in [4.69, 9.17) is 0 Å². The number of amides is 1. The lowest BCUT2D eigenvalue weighted by Crippen LogP contribution is -2.45. The average molecular weight is 846 g/mol. The van der Waals surface area contributed by atoms with E-state index in [1.54, 1.807) is 6.08 Å². The lowest BCUT2D eigenvalue weighted by Gasteiger charge is -2.19. The Morgan fingerprint density at radius 1 is 0.410 bits per heavy atom. The Bertz CT molecular complexity index is 1140. The highest BCUT2D eigenvalue weighted by atomic mass is 16.3. The van der Waals surface area contributed by atoms with E-state index in [1.165, 1.54) is 148 Å². The first kappa shape index (κ1) is 58.3. The zero-order valence-electron chi connectivity index (χ0n) is 40.2. The second kappa shape index (κ2) is 51.7. The van der Waals surface area contributed by atoms with Crippen molar-refractivity contribution in [2.45, 2.75) is 251 Å². The summed E-state index contributed by atoms with van der Waals surface area (Å²) in [4.78, 5) is 12.4. The molecular weight excluding hydrogens is 747 g/mol. The summed E-state index contributed by atoms with van der Waals surface area (Å²) >= 11 is 0. The minimum atomic E-state index is -0.872. The molecule has 61 heavy (non-hydrogen) atoms. The Kier molecular flexibility index (Phi) is 49.4. The maximum atomic E-state index is 12.4. The average Bonchev–Trinajstić information content (AvgIpc) is 3.26. The van der Waals surface area contributed by atoms with Gasteiger partial charge in [0.25, 0.3) is 0 Å². The molecule has 0 aliphatic heterocycles. The third kappa shape index (κ3) is 48.2. The number of carbonyl (C=O) groups excluding carboxylic acids is 1. The number of hydrogen-bond donors (Lipinski definition) is 3. The zero-order valence-corrected chi connectivity index (χ0v) is 40.2. The Morgan fingerprint density at radius 2 is 0.738 bits per heavy atom. The summed E-state index contributed by atoms with van der Waals surface area (Å²) < 4.78 is 0. The number of nitrogens with one attached hydrogen (secondary N) is 1. The van der Waals surface area contributed by atoms with Gasteiger partial charge in [-0.05, 0) is 89.9 Å². The molecule has 0 heterocycles. The molecule has 350 valence electrons. The van der Waals surface area contributed by atoms with E-state index in [9.17, 15) is 15.0 Å². The predicted molar refractivity (Wildman–Crippen MR) is 271 cm³/mol. The van der Waals surface area contributed by atoms with Crippen molar-refractivity contribution >= 4 is 5.91 Å². The van der Waals surface area contributed by atoms with Crippen molar-refractivity contribution in [3.8, 4) is 0 Å². The molecule has 0 aromatic carbocycles. The van der Waals surface area contributed by atoms with Gasteiger partial charge < -0.3 is 15.5 Å². The Morgan fingerprint density at radius 3 is 1.15 bits per heavy atom.